The molecule has 4 nitrogen and oxygen atoms in total. The van der Waals surface area contributed by atoms with E-state index in [1.54, 1.807) is 0 Å². The zero-order valence-electron chi connectivity index (χ0n) is 12.8. The number of hydrogen-bond acceptors (Lipinski definition) is 3. The highest BCUT2D eigenvalue weighted by Crippen LogP contribution is 2.10. The zero-order chi connectivity index (χ0) is 14.3. The first-order valence-corrected chi connectivity index (χ1v) is 7.36. The largest absolute Gasteiger partial charge is 0.353 e. The van der Waals surface area contributed by atoms with E-state index in [1.807, 2.05) is 13.8 Å². The van der Waals surface area contributed by atoms with E-state index < -0.39 is 0 Å². The molecule has 1 amide bonds. The van der Waals surface area contributed by atoms with Crippen LogP contribution in [-0.2, 0) is 4.79 Å². The normalized spacial score (nSPS) is 17.5. The quantitative estimate of drug-likeness (QED) is 0.717. The second-order valence-corrected chi connectivity index (χ2v) is 5.96. The molecule has 0 unspecified atom stereocenters. The summed E-state index contributed by atoms with van der Waals surface area (Å²) in [5.74, 6) is 0.0990. The number of amides is 1. The maximum Gasteiger partial charge on any atom is 0.234 e. The molecule has 2 N–H and O–H groups in total. The molecule has 0 atom stereocenters. The summed E-state index contributed by atoms with van der Waals surface area (Å²) in [6.07, 6.45) is 4.54. The first-order chi connectivity index (χ1) is 8.97. The van der Waals surface area contributed by atoms with E-state index in [-0.39, 0.29) is 11.9 Å². The van der Waals surface area contributed by atoms with Gasteiger partial charge in [0, 0.05) is 18.6 Å². The Bertz CT molecular complexity index is 301. The summed E-state index contributed by atoms with van der Waals surface area (Å²) in [6.45, 7) is 12.0. The van der Waals surface area contributed by atoms with Gasteiger partial charge in [-0.15, -0.1) is 0 Å². The van der Waals surface area contributed by atoms with Gasteiger partial charge in [-0.3, -0.25) is 9.69 Å². The van der Waals surface area contributed by atoms with E-state index in [0.29, 0.717) is 12.6 Å². The molecule has 0 spiro atoms. The Hall–Kier alpha value is -0.870. The first kappa shape index (κ1) is 16.2. The standard InChI is InChI=1S/C15H29N3O/c1-12(2)5-8-18-9-6-14(7-10-18)16-11-15(19)17-13(3)4/h5,13-14,16H,6-11H2,1-4H3,(H,17,19). The Morgan fingerprint density at radius 3 is 2.47 bits per heavy atom. The third-order valence-electron chi connectivity index (χ3n) is 3.35. The molecule has 0 aliphatic carbocycles. The van der Waals surface area contributed by atoms with Gasteiger partial charge in [-0.2, -0.15) is 0 Å². The minimum Gasteiger partial charge on any atom is -0.353 e. The molecule has 1 heterocycles. The van der Waals surface area contributed by atoms with Crippen molar-refractivity contribution >= 4 is 5.91 Å². The van der Waals surface area contributed by atoms with Crippen LogP contribution in [0.2, 0.25) is 0 Å². The molecule has 19 heavy (non-hydrogen) atoms. The van der Waals surface area contributed by atoms with Crippen molar-refractivity contribution in [2.24, 2.45) is 0 Å². The fraction of sp³-hybridized carbons (Fsp3) is 0.800. The molecule has 1 aliphatic rings. The smallest absolute Gasteiger partial charge is 0.234 e. The Morgan fingerprint density at radius 1 is 1.32 bits per heavy atom. The monoisotopic (exact) mass is 267 g/mol. The number of allylic oxidation sites excluding steroid dienone is 1. The fourth-order valence-corrected chi connectivity index (χ4v) is 2.24. The highest BCUT2D eigenvalue weighted by atomic mass is 16.1. The van der Waals surface area contributed by atoms with Crippen LogP contribution in [0, 0.1) is 0 Å². The summed E-state index contributed by atoms with van der Waals surface area (Å²) in [5, 5.41) is 6.26. The first-order valence-electron chi connectivity index (χ1n) is 7.36. The molecule has 0 aromatic rings. The lowest BCUT2D eigenvalue weighted by Crippen LogP contribution is -2.46. The predicted molar refractivity (Wildman–Crippen MR) is 80.2 cm³/mol. The summed E-state index contributed by atoms with van der Waals surface area (Å²) in [5.41, 5.74) is 1.38. The maximum absolute atomic E-state index is 11.5. The molecule has 0 aromatic carbocycles. The molecule has 1 saturated heterocycles. The molecular formula is C15H29N3O. The van der Waals surface area contributed by atoms with E-state index in [0.717, 1.165) is 32.5 Å². The van der Waals surface area contributed by atoms with E-state index in [1.165, 1.54) is 5.57 Å². The highest BCUT2D eigenvalue weighted by Gasteiger charge is 2.18. The molecular weight excluding hydrogens is 238 g/mol. The molecule has 0 radical (unpaired) electrons. The fourth-order valence-electron chi connectivity index (χ4n) is 2.24. The van der Waals surface area contributed by atoms with Gasteiger partial charge < -0.3 is 10.6 Å². The lowest BCUT2D eigenvalue weighted by molar-refractivity contribution is -0.120. The highest BCUT2D eigenvalue weighted by molar-refractivity contribution is 5.78. The number of rotatable bonds is 6. The molecule has 1 aliphatic heterocycles. The second kappa shape index (κ2) is 8.33. The molecule has 1 rings (SSSR count). The van der Waals surface area contributed by atoms with Crippen LogP contribution in [0.15, 0.2) is 11.6 Å². The Balaban J connectivity index is 2.16. The van der Waals surface area contributed by atoms with Crippen LogP contribution < -0.4 is 10.6 Å². The van der Waals surface area contributed by atoms with Crippen molar-refractivity contribution in [2.45, 2.75) is 52.6 Å². The molecule has 0 saturated carbocycles. The lowest BCUT2D eigenvalue weighted by Gasteiger charge is -2.31. The Kier molecular flexibility index (Phi) is 7.10. The number of piperidine rings is 1. The van der Waals surface area contributed by atoms with Gasteiger partial charge in [-0.25, -0.2) is 0 Å². The molecule has 110 valence electrons. The van der Waals surface area contributed by atoms with Gasteiger partial charge in [0.25, 0.3) is 0 Å². The number of carbonyl (C=O) groups excluding carboxylic acids is 1. The van der Waals surface area contributed by atoms with Crippen molar-refractivity contribution in [3.8, 4) is 0 Å². The number of likely N-dealkylation sites (tertiary alicyclic amines) is 1. The van der Waals surface area contributed by atoms with Crippen molar-refractivity contribution in [1.29, 1.82) is 0 Å². The summed E-state index contributed by atoms with van der Waals surface area (Å²) in [4.78, 5) is 14.0. The van der Waals surface area contributed by atoms with E-state index in [2.05, 4.69) is 35.5 Å². The second-order valence-electron chi connectivity index (χ2n) is 5.96. The maximum atomic E-state index is 11.5. The Labute approximate surface area is 117 Å². The average Bonchev–Trinajstić information content (AvgIpc) is 2.34. The predicted octanol–water partition coefficient (Wildman–Crippen LogP) is 1.53. The number of nitrogens with one attached hydrogen (secondary N) is 2. The van der Waals surface area contributed by atoms with Crippen molar-refractivity contribution in [2.75, 3.05) is 26.2 Å². The van der Waals surface area contributed by atoms with Crippen LogP contribution in [0.5, 0.6) is 0 Å². The van der Waals surface area contributed by atoms with Gasteiger partial charge in [0.1, 0.15) is 0 Å². The van der Waals surface area contributed by atoms with Crippen molar-refractivity contribution in [3.05, 3.63) is 11.6 Å². The van der Waals surface area contributed by atoms with Crippen LogP contribution in [0.25, 0.3) is 0 Å². The van der Waals surface area contributed by atoms with Crippen LogP contribution in [0.4, 0.5) is 0 Å². The summed E-state index contributed by atoms with van der Waals surface area (Å²) in [6, 6.07) is 0.709. The Morgan fingerprint density at radius 2 is 1.95 bits per heavy atom. The molecule has 4 heteroatoms. The number of hydrogen-bond donors (Lipinski definition) is 2. The van der Waals surface area contributed by atoms with Crippen LogP contribution >= 0.6 is 0 Å². The minimum atomic E-state index is 0.0990. The van der Waals surface area contributed by atoms with Gasteiger partial charge in [-0.05, 0) is 53.6 Å². The van der Waals surface area contributed by atoms with Gasteiger partial charge in [0.15, 0.2) is 0 Å². The van der Waals surface area contributed by atoms with Gasteiger partial charge >= 0.3 is 0 Å². The molecule has 0 aromatic heterocycles. The topological polar surface area (TPSA) is 44.4 Å². The van der Waals surface area contributed by atoms with Crippen molar-refractivity contribution in [3.63, 3.8) is 0 Å². The molecule has 0 bridgehead atoms. The van der Waals surface area contributed by atoms with Crippen LogP contribution in [0.3, 0.4) is 0 Å². The number of nitrogens with zero attached hydrogens (tertiary/aromatic N) is 1. The minimum absolute atomic E-state index is 0.0990. The summed E-state index contributed by atoms with van der Waals surface area (Å²) < 4.78 is 0. The van der Waals surface area contributed by atoms with Gasteiger partial charge in [0.2, 0.25) is 5.91 Å². The third kappa shape index (κ3) is 7.33. The van der Waals surface area contributed by atoms with E-state index in [9.17, 15) is 4.79 Å². The van der Waals surface area contributed by atoms with Crippen LogP contribution in [-0.4, -0.2) is 49.1 Å². The van der Waals surface area contributed by atoms with E-state index >= 15 is 0 Å². The van der Waals surface area contributed by atoms with Crippen molar-refractivity contribution in [1.82, 2.24) is 15.5 Å². The zero-order valence-corrected chi connectivity index (χ0v) is 12.8. The lowest BCUT2D eigenvalue weighted by atomic mass is 10.0. The summed E-state index contributed by atoms with van der Waals surface area (Å²) in [7, 11) is 0. The van der Waals surface area contributed by atoms with Gasteiger partial charge in [0.05, 0.1) is 6.54 Å². The van der Waals surface area contributed by atoms with Gasteiger partial charge in [-0.1, -0.05) is 11.6 Å². The average molecular weight is 267 g/mol. The third-order valence-corrected chi connectivity index (χ3v) is 3.35. The van der Waals surface area contributed by atoms with Crippen molar-refractivity contribution < 1.29 is 4.79 Å². The SMILES string of the molecule is CC(C)=CCN1CCC(NCC(=O)NC(C)C)CC1. The van der Waals surface area contributed by atoms with Crippen LogP contribution in [0.1, 0.15) is 40.5 Å². The number of carbonyl (C=O) groups is 1. The summed E-state index contributed by atoms with van der Waals surface area (Å²) >= 11 is 0. The van der Waals surface area contributed by atoms with E-state index in [4.69, 9.17) is 0 Å². The molecule has 1 fully saturated rings.